The van der Waals surface area contributed by atoms with Crippen LogP contribution in [-0.2, 0) is 14.8 Å². The summed E-state index contributed by atoms with van der Waals surface area (Å²) in [5.41, 5.74) is 5.13. The van der Waals surface area contributed by atoms with Crippen molar-refractivity contribution in [1.82, 2.24) is 4.72 Å². The van der Waals surface area contributed by atoms with Gasteiger partial charge < -0.3 is 10.5 Å². The molecule has 5 nitrogen and oxygen atoms in total. The molecule has 3 N–H and O–H groups in total. The Bertz CT molecular complexity index is 589. The molecule has 0 amide bonds. The quantitative estimate of drug-likeness (QED) is 0.828. The Labute approximate surface area is 122 Å². The van der Waals surface area contributed by atoms with Crippen LogP contribution in [-0.4, -0.2) is 28.2 Å². The number of hydrogen-bond acceptors (Lipinski definition) is 4. The van der Waals surface area contributed by atoms with Crippen LogP contribution in [0.1, 0.15) is 12.8 Å². The summed E-state index contributed by atoms with van der Waals surface area (Å²) < 4.78 is 45.2. The summed E-state index contributed by atoms with van der Waals surface area (Å²) in [5, 5.41) is -0.191. The second-order valence-corrected chi connectivity index (χ2v) is 6.88. The van der Waals surface area contributed by atoms with Gasteiger partial charge in [0.05, 0.1) is 17.3 Å². The standard InChI is InChI=1S/C12H16ClFN2O3S/c13-9-4-10(14)11(15)5-12(9)20(17,18)16-6-8-2-1-3-19-7-8/h4-5,8,16H,1-3,6-7,15H2. The highest BCUT2D eigenvalue weighted by Gasteiger charge is 2.22. The van der Waals surface area contributed by atoms with E-state index in [1.54, 1.807) is 0 Å². The van der Waals surface area contributed by atoms with E-state index in [0.29, 0.717) is 13.2 Å². The Morgan fingerprint density at radius 3 is 2.90 bits per heavy atom. The van der Waals surface area contributed by atoms with Crippen LogP contribution < -0.4 is 10.5 Å². The maximum atomic E-state index is 13.2. The van der Waals surface area contributed by atoms with Crippen LogP contribution in [0.5, 0.6) is 0 Å². The van der Waals surface area contributed by atoms with E-state index < -0.39 is 15.8 Å². The second-order valence-electron chi connectivity index (χ2n) is 4.74. The summed E-state index contributed by atoms with van der Waals surface area (Å²) in [6, 6.07) is 1.92. The minimum atomic E-state index is -3.81. The molecule has 0 saturated carbocycles. The van der Waals surface area contributed by atoms with Crippen LogP contribution in [0.25, 0.3) is 0 Å². The van der Waals surface area contributed by atoms with E-state index in [4.69, 9.17) is 22.1 Å². The number of nitrogens with one attached hydrogen (secondary N) is 1. The molecule has 112 valence electrons. The van der Waals surface area contributed by atoms with Gasteiger partial charge in [0, 0.05) is 13.2 Å². The number of hydrogen-bond donors (Lipinski definition) is 2. The summed E-state index contributed by atoms with van der Waals surface area (Å²) >= 11 is 5.77. The van der Waals surface area contributed by atoms with Gasteiger partial charge in [0.25, 0.3) is 0 Å². The number of rotatable bonds is 4. The van der Waals surface area contributed by atoms with Crippen molar-refractivity contribution in [3.63, 3.8) is 0 Å². The zero-order valence-corrected chi connectivity index (χ0v) is 12.3. The summed E-state index contributed by atoms with van der Waals surface area (Å²) in [6.45, 7) is 1.50. The summed E-state index contributed by atoms with van der Waals surface area (Å²) in [6.07, 6.45) is 1.82. The number of ether oxygens (including phenoxy) is 1. The first-order valence-corrected chi connectivity index (χ1v) is 8.08. The molecule has 0 radical (unpaired) electrons. The van der Waals surface area contributed by atoms with E-state index in [-0.39, 0.29) is 28.1 Å². The van der Waals surface area contributed by atoms with Crippen molar-refractivity contribution >= 4 is 27.3 Å². The average molecular weight is 323 g/mol. The molecule has 1 aliphatic heterocycles. The lowest BCUT2D eigenvalue weighted by Crippen LogP contribution is -2.33. The molecular weight excluding hydrogens is 307 g/mol. The Balaban J connectivity index is 2.11. The van der Waals surface area contributed by atoms with Crippen LogP contribution in [0.15, 0.2) is 17.0 Å². The van der Waals surface area contributed by atoms with Gasteiger partial charge in [0.1, 0.15) is 10.7 Å². The maximum Gasteiger partial charge on any atom is 0.242 e. The number of anilines is 1. The topological polar surface area (TPSA) is 81.4 Å². The van der Waals surface area contributed by atoms with Gasteiger partial charge in [-0.2, -0.15) is 0 Å². The molecule has 0 aliphatic carbocycles. The van der Waals surface area contributed by atoms with Gasteiger partial charge in [-0.05, 0) is 30.9 Å². The summed E-state index contributed by atoms with van der Waals surface area (Å²) in [5.74, 6) is -0.607. The lowest BCUT2D eigenvalue weighted by atomic mass is 10.0. The third-order valence-electron chi connectivity index (χ3n) is 3.16. The Morgan fingerprint density at radius 1 is 1.50 bits per heavy atom. The van der Waals surface area contributed by atoms with E-state index in [0.717, 1.165) is 25.0 Å². The van der Waals surface area contributed by atoms with Crippen LogP contribution in [0.2, 0.25) is 5.02 Å². The van der Waals surface area contributed by atoms with Gasteiger partial charge >= 0.3 is 0 Å². The zero-order valence-electron chi connectivity index (χ0n) is 10.7. The van der Waals surface area contributed by atoms with Crippen LogP contribution in [0.3, 0.4) is 0 Å². The molecule has 8 heteroatoms. The fourth-order valence-electron chi connectivity index (χ4n) is 2.02. The molecule has 2 rings (SSSR count). The van der Waals surface area contributed by atoms with Crippen molar-refractivity contribution in [2.45, 2.75) is 17.7 Å². The minimum absolute atomic E-state index is 0.134. The normalized spacial score (nSPS) is 20.0. The molecule has 1 aliphatic rings. The van der Waals surface area contributed by atoms with Crippen LogP contribution >= 0.6 is 11.6 Å². The van der Waals surface area contributed by atoms with E-state index in [1.165, 1.54) is 0 Å². The number of benzene rings is 1. The molecule has 1 aromatic carbocycles. The minimum Gasteiger partial charge on any atom is -0.396 e. The fraction of sp³-hybridized carbons (Fsp3) is 0.500. The van der Waals surface area contributed by atoms with Crippen LogP contribution in [0.4, 0.5) is 10.1 Å². The predicted octanol–water partition coefficient (Wildman–Crippen LogP) is 1.77. The molecular formula is C12H16ClFN2O3S. The van der Waals surface area contributed by atoms with Gasteiger partial charge in [-0.25, -0.2) is 17.5 Å². The number of nitrogen functional groups attached to an aromatic ring is 1. The number of sulfonamides is 1. The van der Waals surface area contributed by atoms with Crippen molar-refractivity contribution in [2.75, 3.05) is 25.5 Å². The molecule has 0 aromatic heterocycles. The molecule has 1 fully saturated rings. The van der Waals surface area contributed by atoms with E-state index in [9.17, 15) is 12.8 Å². The Morgan fingerprint density at radius 2 is 2.25 bits per heavy atom. The maximum absolute atomic E-state index is 13.2. The molecule has 1 atom stereocenters. The van der Waals surface area contributed by atoms with Crippen molar-refractivity contribution in [3.05, 3.63) is 23.0 Å². The first-order valence-electron chi connectivity index (χ1n) is 6.22. The first kappa shape index (κ1) is 15.5. The van der Waals surface area contributed by atoms with Gasteiger partial charge in [0.2, 0.25) is 10.0 Å². The lowest BCUT2D eigenvalue weighted by molar-refractivity contribution is 0.0568. The molecule has 20 heavy (non-hydrogen) atoms. The molecule has 0 spiro atoms. The van der Waals surface area contributed by atoms with Gasteiger partial charge in [-0.3, -0.25) is 0 Å². The third-order valence-corrected chi connectivity index (χ3v) is 5.05. The molecule has 1 heterocycles. The van der Waals surface area contributed by atoms with Gasteiger partial charge in [-0.15, -0.1) is 0 Å². The van der Waals surface area contributed by atoms with Crippen LogP contribution in [0, 0.1) is 11.7 Å². The lowest BCUT2D eigenvalue weighted by Gasteiger charge is -2.22. The highest BCUT2D eigenvalue weighted by atomic mass is 35.5. The van der Waals surface area contributed by atoms with Crippen molar-refractivity contribution in [3.8, 4) is 0 Å². The van der Waals surface area contributed by atoms with E-state index in [2.05, 4.69) is 4.72 Å². The molecule has 1 aromatic rings. The Kier molecular flexibility index (Phi) is 4.85. The average Bonchev–Trinajstić information content (AvgIpc) is 2.42. The van der Waals surface area contributed by atoms with Gasteiger partial charge in [0.15, 0.2) is 0 Å². The Hall–Kier alpha value is -0.890. The third kappa shape index (κ3) is 3.60. The predicted molar refractivity (Wildman–Crippen MR) is 74.6 cm³/mol. The second kappa shape index (κ2) is 6.26. The molecule has 0 bridgehead atoms. The van der Waals surface area contributed by atoms with Gasteiger partial charge in [-0.1, -0.05) is 11.6 Å². The monoisotopic (exact) mass is 322 g/mol. The summed E-state index contributed by atoms with van der Waals surface area (Å²) in [7, 11) is -3.81. The molecule has 1 unspecified atom stereocenters. The number of nitrogens with two attached hydrogens (primary N) is 1. The van der Waals surface area contributed by atoms with Crippen molar-refractivity contribution in [2.24, 2.45) is 5.92 Å². The number of halogens is 2. The highest BCUT2D eigenvalue weighted by molar-refractivity contribution is 7.89. The van der Waals surface area contributed by atoms with E-state index in [1.807, 2.05) is 0 Å². The molecule has 1 saturated heterocycles. The fourth-order valence-corrected chi connectivity index (χ4v) is 3.69. The van der Waals surface area contributed by atoms with E-state index >= 15 is 0 Å². The first-order chi connectivity index (χ1) is 9.40. The van der Waals surface area contributed by atoms with Crippen molar-refractivity contribution < 1.29 is 17.5 Å². The largest absolute Gasteiger partial charge is 0.396 e. The van der Waals surface area contributed by atoms with Crippen molar-refractivity contribution in [1.29, 1.82) is 0 Å². The zero-order chi connectivity index (χ0) is 14.8. The SMILES string of the molecule is Nc1cc(S(=O)(=O)NCC2CCCOC2)c(Cl)cc1F. The highest BCUT2D eigenvalue weighted by Crippen LogP contribution is 2.26. The smallest absolute Gasteiger partial charge is 0.242 e. The summed E-state index contributed by atoms with van der Waals surface area (Å²) in [4.78, 5) is -0.213.